The van der Waals surface area contributed by atoms with Gasteiger partial charge in [-0.3, -0.25) is 0 Å². The molecule has 1 heterocycles. The highest BCUT2D eigenvalue weighted by Gasteiger charge is 2.30. The van der Waals surface area contributed by atoms with Gasteiger partial charge in [0.1, 0.15) is 0 Å². The molecule has 1 aromatic carbocycles. The van der Waals surface area contributed by atoms with Crippen molar-refractivity contribution >= 4 is 17.4 Å². The molecule has 1 aliphatic rings. The third kappa shape index (κ3) is 3.56. The lowest BCUT2D eigenvalue weighted by Gasteiger charge is -2.24. The van der Waals surface area contributed by atoms with E-state index in [2.05, 4.69) is 5.32 Å². The molecular formula is C12H14F3NS. The van der Waals surface area contributed by atoms with Gasteiger partial charge in [-0.1, -0.05) is 6.07 Å². The summed E-state index contributed by atoms with van der Waals surface area (Å²) >= 11 is 1.90. The Balaban J connectivity index is 2.05. The van der Waals surface area contributed by atoms with Gasteiger partial charge in [0.15, 0.2) is 0 Å². The van der Waals surface area contributed by atoms with Crippen LogP contribution in [0.4, 0.5) is 18.9 Å². The highest BCUT2D eigenvalue weighted by atomic mass is 32.2. The van der Waals surface area contributed by atoms with Crippen LogP contribution in [0.15, 0.2) is 24.3 Å². The molecule has 0 atom stereocenters. The lowest BCUT2D eigenvalue weighted by Crippen LogP contribution is -2.24. The van der Waals surface area contributed by atoms with Crippen molar-refractivity contribution in [3.05, 3.63) is 29.8 Å². The average Bonchev–Trinajstić information content (AvgIpc) is 2.29. The Morgan fingerprint density at radius 3 is 2.53 bits per heavy atom. The molecule has 0 aromatic heterocycles. The van der Waals surface area contributed by atoms with E-state index in [1.165, 1.54) is 12.1 Å². The number of thioether (sulfide) groups is 1. The molecule has 0 unspecified atom stereocenters. The van der Waals surface area contributed by atoms with Crippen molar-refractivity contribution in [2.24, 2.45) is 0 Å². The second-order valence-electron chi connectivity index (χ2n) is 4.11. The number of hydrogen-bond donors (Lipinski definition) is 1. The Hall–Kier alpha value is -0.840. The molecule has 5 heteroatoms. The number of rotatable bonds is 2. The molecule has 0 saturated carbocycles. The Bertz CT molecular complexity index is 372. The largest absolute Gasteiger partial charge is 0.416 e. The summed E-state index contributed by atoms with van der Waals surface area (Å²) in [5.74, 6) is 2.16. The van der Waals surface area contributed by atoms with Gasteiger partial charge in [-0.2, -0.15) is 24.9 Å². The predicted molar refractivity (Wildman–Crippen MR) is 65.4 cm³/mol. The van der Waals surface area contributed by atoms with Gasteiger partial charge in [0.25, 0.3) is 0 Å². The molecule has 1 fully saturated rings. The molecule has 1 nitrogen and oxygen atoms in total. The second kappa shape index (κ2) is 5.21. The van der Waals surface area contributed by atoms with Gasteiger partial charge in [0, 0.05) is 11.7 Å². The number of anilines is 1. The van der Waals surface area contributed by atoms with E-state index in [0.29, 0.717) is 11.7 Å². The van der Waals surface area contributed by atoms with Gasteiger partial charge in [0.2, 0.25) is 0 Å². The van der Waals surface area contributed by atoms with Crippen molar-refractivity contribution in [1.82, 2.24) is 0 Å². The molecule has 1 saturated heterocycles. The van der Waals surface area contributed by atoms with Gasteiger partial charge in [-0.15, -0.1) is 0 Å². The summed E-state index contributed by atoms with van der Waals surface area (Å²) in [6.07, 6.45) is -2.23. The van der Waals surface area contributed by atoms with E-state index in [4.69, 9.17) is 0 Å². The van der Waals surface area contributed by atoms with Crippen LogP contribution >= 0.6 is 11.8 Å². The fraction of sp³-hybridized carbons (Fsp3) is 0.500. The monoisotopic (exact) mass is 261 g/mol. The highest BCUT2D eigenvalue weighted by molar-refractivity contribution is 7.99. The van der Waals surface area contributed by atoms with Crippen molar-refractivity contribution < 1.29 is 13.2 Å². The summed E-state index contributed by atoms with van der Waals surface area (Å²) in [5, 5.41) is 3.18. The van der Waals surface area contributed by atoms with E-state index >= 15 is 0 Å². The van der Waals surface area contributed by atoms with Gasteiger partial charge < -0.3 is 5.32 Å². The topological polar surface area (TPSA) is 12.0 Å². The van der Waals surface area contributed by atoms with Crippen LogP contribution in [-0.2, 0) is 6.18 Å². The first-order chi connectivity index (χ1) is 8.05. The minimum absolute atomic E-state index is 0.305. The van der Waals surface area contributed by atoms with E-state index in [1.807, 2.05) is 11.8 Å². The molecule has 17 heavy (non-hydrogen) atoms. The fourth-order valence-corrected chi connectivity index (χ4v) is 2.97. The van der Waals surface area contributed by atoms with Crippen molar-refractivity contribution in [1.29, 1.82) is 0 Å². The van der Waals surface area contributed by atoms with E-state index < -0.39 is 11.7 Å². The van der Waals surface area contributed by atoms with Crippen molar-refractivity contribution in [3.63, 3.8) is 0 Å². The van der Waals surface area contributed by atoms with E-state index in [9.17, 15) is 13.2 Å². The van der Waals surface area contributed by atoms with Gasteiger partial charge >= 0.3 is 6.18 Å². The molecule has 2 rings (SSSR count). The molecule has 0 spiro atoms. The maximum atomic E-state index is 12.5. The maximum Gasteiger partial charge on any atom is 0.416 e. The third-order valence-electron chi connectivity index (χ3n) is 2.78. The zero-order chi connectivity index (χ0) is 12.3. The maximum absolute atomic E-state index is 12.5. The van der Waals surface area contributed by atoms with E-state index in [-0.39, 0.29) is 0 Å². The van der Waals surface area contributed by atoms with Crippen molar-refractivity contribution in [2.75, 3.05) is 16.8 Å². The zero-order valence-electron chi connectivity index (χ0n) is 9.26. The quantitative estimate of drug-likeness (QED) is 0.863. The first-order valence-corrected chi connectivity index (χ1v) is 6.73. The third-order valence-corrected chi connectivity index (χ3v) is 3.83. The smallest absolute Gasteiger partial charge is 0.382 e. The minimum atomic E-state index is -4.26. The molecule has 1 N–H and O–H groups in total. The van der Waals surface area contributed by atoms with Crippen LogP contribution in [0, 0.1) is 0 Å². The molecule has 0 bridgehead atoms. The molecule has 1 aromatic rings. The summed E-state index contributed by atoms with van der Waals surface area (Å²) < 4.78 is 37.5. The van der Waals surface area contributed by atoms with Crippen LogP contribution in [-0.4, -0.2) is 17.5 Å². The average molecular weight is 261 g/mol. The number of nitrogens with one attached hydrogen (secondary N) is 1. The minimum Gasteiger partial charge on any atom is -0.382 e. The number of hydrogen-bond acceptors (Lipinski definition) is 2. The Kier molecular flexibility index (Phi) is 3.86. The Morgan fingerprint density at radius 2 is 1.88 bits per heavy atom. The number of benzene rings is 1. The van der Waals surface area contributed by atoms with Crippen LogP contribution in [0.5, 0.6) is 0 Å². The van der Waals surface area contributed by atoms with Crippen LogP contribution in [0.1, 0.15) is 18.4 Å². The predicted octanol–water partition coefficient (Wildman–Crippen LogP) is 4.01. The van der Waals surface area contributed by atoms with Crippen molar-refractivity contribution in [3.8, 4) is 0 Å². The lowest BCUT2D eigenvalue weighted by molar-refractivity contribution is -0.137. The standard InChI is InChI=1S/C12H14F3NS/c13-12(14,15)9-2-1-3-11(8-9)16-10-4-6-17-7-5-10/h1-3,8,10,16H,4-7H2. The molecule has 1 aliphatic heterocycles. The highest BCUT2D eigenvalue weighted by Crippen LogP contribution is 2.31. The first kappa shape index (κ1) is 12.6. The van der Waals surface area contributed by atoms with Crippen LogP contribution in [0.3, 0.4) is 0 Å². The molecule has 0 amide bonds. The SMILES string of the molecule is FC(F)(F)c1cccc(NC2CCSCC2)c1. The Morgan fingerprint density at radius 1 is 1.18 bits per heavy atom. The molecule has 0 aliphatic carbocycles. The van der Waals surface area contributed by atoms with Gasteiger partial charge in [0.05, 0.1) is 5.56 Å². The summed E-state index contributed by atoms with van der Waals surface area (Å²) in [5.41, 5.74) is -0.0237. The fourth-order valence-electron chi connectivity index (χ4n) is 1.86. The van der Waals surface area contributed by atoms with Crippen LogP contribution < -0.4 is 5.32 Å². The van der Waals surface area contributed by atoms with Gasteiger partial charge in [-0.05, 0) is 42.5 Å². The summed E-state index contributed by atoms with van der Waals surface area (Å²) in [6, 6.07) is 5.73. The van der Waals surface area contributed by atoms with E-state index in [0.717, 1.165) is 30.4 Å². The summed E-state index contributed by atoms with van der Waals surface area (Å²) in [6.45, 7) is 0. The molecule has 94 valence electrons. The summed E-state index contributed by atoms with van der Waals surface area (Å²) in [7, 11) is 0. The van der Waals surface area contributed by atoms with Crippen LogP contribution in [0.25, 0.3) is 0 Å². The number of alkyl halides is 3. The number of halogens is 3. The molecular weight excluding hydrogens is 247 g/mol. The van der Waals surface area contributed by atoms with Crippen molar-refractivity contribution in [2.45, 2.75) is 25.1 Å². The second-order valence-corrected chi connectivity index (χ2v) is 5.33. The summed E-state index contributed by atoms with van der Waals surface area (Å²) in [4.78, 5) is 0. The normalized spacial score (nSPS) is 18.1. The lowest BCUT2D eigenvalue weighted by atomic mass is 10.1. The molecule has 0 radical (unpaired) electrons. The Labute approximate surface area is 103 Å². The van der Waals surface area contributed by atoms with Crippen LogP contribution in [0.2, 0.25) is 0 Å². The zero-order valence-corrected chi connectivity index (χ0v) is 10.1. The van der Waals surface area contributed by atoms with Gasteiger partial charge in [-0.25, -0.2) is 0 Å². The van der Waals surface area contributed by atoms with E-state index in [1.54, 1.807) is 6.07 Å². The first-order valence-electron chi connectivity index (χ1n) is 5.57.